The number of hydrogen-bond acceptors (Lipinski definition) is 4. The number of nitrogens with zero attached hydrogens (tertiary/aromatic N) is 3. The summed E-state index contributed by atoms with van der Waals surface area (Å²) in [5.41, 5.74) is 4.93. The number of aryl methyl sites for hydroxylation is 1. The van der Waals surface area contributed by atoms with E-state index in [4.69, 9.17) is 4.74 Å². The van der Waals surface area contributed by atoms with E-state index in [1.807, 2.05) is 6.07 Å². The first kappa shape index (κ1) is 23.8. The van der Waals surface area contributed by atoms with Gasteiger partial charge in [0.05, 0.1) is 12.6 Å². The number of benzene rings is 2. The quantitative estimate of drug-likeness (QED) is 0.491. The van der Waals surface area contributed by atoms with Gasteiger partial charge in [-0.25, -0.2) is 0 Å². The van der Waals surface area contributed by atoms with Gasteiger partial charge in [-0.15, -0.1) is 0 Å². The lowest BCUT2D eigenvalue weighted by atomic mass is 10.1. The molecule has 5 heteroatoms. The van der Waals surface area contributed by atoms with Crippen LogP contribution in [-0.4, -0.2) is 65.4 Å². The zero-order valence-corrected chi connectivity index (χ0v) is 20.5. The van der Waals surface area contributed by atoms with Gasteiger partial charge in [0.2, 0.25) is 0 Å². The van der Waals surface area contributed by atoms with Crippen molar-refractivity contribution in [3.05, 3.63) is 65.4 Å². The second kappa shape index (κ2) is 11.2. The molecular weight excluding hydrogens is 410 g/mol. The van der Waals surface area contributed by atoms with E-state index in [2.05, 4.69) is 77.7 Å². The Balaban J connectivity index is 1.28. The molecule has 33 heavy (non-hydrogen) atoms. The van der Waals surface area contributed by atoms with Crippen molar-refractivity contribution in [2.45, 2.75) is 52.3 Å². The zero-order chi connectivity index (χ0) is 23.2. The number of aliphatic hydroxyl groups excluding tert-OH is 1. The van der Waals surface area contributed by atoms with Crippen LogP contribution in [0.5, 0.6) is 5.75 Å². The van der Waals surface area contributed by atoms with E-state index in [9.17, 15) is 5.11 Å². The Morgan fingerprint density at radius 1 is 1.03 bits per heavy atom. The smallest absolute Gasteiger partial charge is 0.119 e. The predicted molar refractivity (Wildman–Crippen MR) is 136 cm³/mol. The maximum absolute atomic E-state index is 10.8. The number of rotatable bonds is 10. The highest BCUT2D eigenvalue weighted by molar-refractivity contribution is 5.85. The van der Waals surface area contributed by atoms with E-state index in [1.54, 1.807) is 0 Å². The maximum atomic E-state index is 10.8. The van der Waals surface area contributed by atoms with Crippen LogP contribution in [-0.2, 0) is 13.1 Å². The summed E-state index contributed by atoms with van der Waals surface area (Å²) >= 11 is 0. The minimum atomic E-state index is -0.437. The van der Waals surface area contributed by atoms with Crippen LogP contribution in [0.25, 0.3) is 10.9 Å². The molecule has 1 saturated heterocycles. The van der Waals surface area contributed by atoms with Gasteiger partial charge < -0.3 is 14.4 Å². The van der Waals surface area contributed by atoms with Crippen LogP contribution in [0.2, 0.25) is 0 Å². The van der Waals surface area contributed by atoms with Gasteiger partial charge in [0.1, 0.15) is 12.4 Å². The molecular formula is C28H39N3O2. The number of para-hydroxylation sites is 1. The van der Waals surface area contributed by atoms with Crippen molar-refractivity contribution in [2.24, 2.45) is 0 Å². The van der Waals surface area contributed by atoms with Crippen LogP contribution in [0, 0.1) is 13.8 Å². The molecule has 0 unspecified atom stereocenters. The third-order valence-electron chi connectivity index (χ3n) is 6.94. The molecule has 1 aliphatic heterocycles. The van der Waals surface area contributed by atoms with Crippen molar-refractivity contribution in [2.75, 3.05) is 39.8 Å². The Kier molecular flexibility index (Phi) is 8.07. The van der Waals surface area contributed by atoms with Crippen molar-refractivity contribution >= 4 is 10.9 Å². The van der Waals surface area contributed by atoms with E-state index >= 15 is 0 Å². The Morgan fingerprint density at radius 2 is 1.82 bits per heavy atom. The highest BCUT2D eigenvalue weighted by atomic mass is 16.5. The molecule has 0 bridgehead atoms. The van der Waals surface area contributed by atoms with Crippen molar-refractivity contribution in [1.82, 2.24) is 14.4 Å². The molecule has 0 aliphatic carbocycles. The van der Waals surface area contributed by atoms with Gasteiger partial charge in [-0.3, -0.25) is 9.80 Å². The van der Waals surface area contributed by atoms with Crippen LogP contribution >= 0.6 is 0 Å². The molecule has 0 spiro atoms. The summed E-state index contributed by atoms with van der Waals surface area (Å²) in [6.07, 6.45) is 3.55. The van der Waals surface area contributed by atoms with Gasteiger partial charge in [0.25, 0.3) is 0 Å². The number of hydrogen-bond donors (Lipinski definition) is 1. The summed E-state index contributed by atoms with van der Waals surface area (Å²) in [4.78, 5) is 4.69. The largest absolute Gasteiger partial charge is 0.492 e. The second-order valence-corrected chi connectivity index (χ2v) is 9.59. The van der Waals surface area contributed by atoms with Gasteiger partial charge in [0.15, 0.2) is 0 Å². The molecule has 2 aromatic carbocycles. The summed E-state index contributed by atoms with van der Waals surface area (Å²) in [7, 11) is 2.07. The third kappa shape index (κ3) is 6.17. The lowest BCUT2D eigenvalue weighted by Crippen LogP contribution is -2.33. The van der Waals surface area contributed by atoms with E-state index in [0.717, 1.165) is 25.4 Å². The van der Waals surface area contributed by atoms with Crippen molar-refractivity contribution in [1.29, 1.82) is 0 Å². The summed E-state index contributed by atoms with van der Waals surface area (Å²) in [6.45, 7) is 10.4. The number of likely N-dealkylation sites (tertiary alicyclic amines) is 1. The molecule has 2 heterocycles. The lowest BCUT2D eigenvalue weighted by molar-refractivity contribution is 0.108. The number of likely N-dealkylation sites (N-methyl/N-ethyl adjacent to an activating group) is 1. The Bertz CT molecular complexity index is 1040. The third-order valence-corrected chi connectivity index (χ3v) is 6.94. The molecule has 0 saturated carbocycles. The zero-order valence-electron chi connectivity index (χ0n) is 20.5. The van der Waals surface area contributed by atoms with Crippen LogP contribution < -0.4 is 4.74 Å². The number of aromatic nitrogens is 1. The second-order valence-electron chi connectivity index (χ2n) is 9.59. The molecule has 0 radical (unpaired) electrons. The summed E-state index contributed by atoms with van der Waals surface area (Å²) in [5.74, 6) is 0.934. The maximum Gasteiger partial charge on any atom is 0.119 e. The van der Waals surface area contributed by atoms with Crippen LogP contribution in [0.4, 0.5) is 0 Å². The Morgan fingerprint density at radius 3 is 2.64 bits per heavy atom. The average molecular weight is 450 g/mol. The number of fused-ring (bicyclic) bond motifs is 1. The standard InChI is InChI=1S/C28H39N3O2/c1-22-23(2)31(28-13-6-5-12-27(22)28)21-25(32)20-29(3)19-24-10-9-11-26(18-24)33-17-16-30-14-7-4-8-15-30/h5-6,9-13,18,25,32H,4,7-8,14-17,19-21H2,1-3H3/t25-/m1/s1. The molecule has 3 aromatic rings. The molecule has 1 aliphatic rings. The predicted octanol–water partition coefficient (Wildman–Crippen LogP) is 4.62. The molecule has 0 amide bonds. The van der Waals surface area contributed by atoms with Gasteiger partial charge in [-0.05, 0) is 76.2 Å². The first-order chi connectivity index (χ1) is 16.0. The van der Waals surface area contributed by atoms with Gasteiger partial charge in [-0.1, -0.05) is 36.8 Å². The molecule has 1 N–H and O–H groups in total. The minimum absolute atomic E-state index is 0.437. The Hall–Kier alpha value is -2.34. The van der Waals surface area contributed by atoms with Gasteiger partial charge in [0, 0.05) is 36.2 Å². The summed E-state index contributed by atoms with van der Waals surface area (Å²) < 4.78 is 8.28. The summed E-state index contributed by atoms with van der Waals surface area (Å²) in [6, 6.07) is 16.8. The average Bonchev–Trinajstić information content (AvgIpc) is 3.05. The summed E-state index contributed by atoms with van der Waals surface area (Å²) in [5, 5.41) is 12.1. The Labute approximate surface area is 198 Å². The lowest BCUT2D eigenvalue weighted by Gasteiger charge is -2.26. The molecule has 1 fully saturated rings. The topological polar surface area (TPSA) is 40.9 Å². The first-order valence-corrected chi connectivity index (χ1v) is 12.4. The first-order valence-electron chi connectivity index (χ1n) is 12.4. The molecule has 4 rings (SSSR count). The van der Waals surface area contributed by atoms with Crippen LogP contribution in [0.1, 0.15) is 36.1 Å². The fourth-order valence-corrected chi connectivity index (χ4v) is 5.05. The molecule has 178 valence electrons. The van der Waals surface area contributed by atoms with Crippen molar-refractivity contribution < 1.29 is 9.84 Å². The number of ether oxygens (including phenoxy) is 1. The monoisotopic (exact) mass is 449 g/mol. The molecule has 1 aromatic heterocycles. The van der Waals surface area contributed by atoms with E-state index in [-0.39, 0.29) is 0 Å². The molecule has 1 atom stereocenters. The van der Waals surface area contributed by atoms with Gasteiger partial charge in [-0.2, -0.15) is 0 Å². The fraction of sp³-hybridized carbons (Fsp3) is 0.500. The number of piperidine rings is 1. The van der Waals surface area contributed by atoms with Crippen LogP contribution in [0.3, 0.4) is 0 Å². The van der Waals surface area contributed by atoms with Gasteiger partial charge >= 0.3 is 0 Å². The fourth-order valence-electron chi connectivity index (χ4n) is 5.05. The normalized spacial score (nSPS) is 15.9. The van der Waals surface area contributed by atoms with Crippen LogP contribution in [0.15, 0.2) is 48.5 Å². The number of aliphatic hydroxyl groups is 1. The van der Waals surface area contributed by atoms with Crippen molar-refractivity contribution in [3.63, 3.8) is 0 Å². The van der Waals surface area contributed by atoms with Crippen molar-refractivity contribution in [3.8, 4) is 5.75 Å². The highest BCUT2D eigenvalue weighted by Gasteiger charge is 2.15. The van der Waals surface area contributed by atoms with E-state index in [1.165, 1.54) is 60.1 Å². The van der Waals surface area contributed by atoms with E-state index in [0.29, 0.717) is 13.1 Å². The van der Waals surface area contributed by atoms with E-state index < -0.39 is 6.10 Å². The SMILES string of the molecule is Cc1c(C)n(C[C@H](O)CN(C)Cc2cccc(OCCN3CCCCC3)c2)c2ccccc12. The highest BCUT2D eigenvalue weighted by Crippen LogP contribution is 2.25. The molecule has 5 nitrogen and oxygen atoms in total. The minimum Gasteiger partial charge on any atom is -0.492 e.